The second-order valence-corrected chi connectivity index (χ2v) is 3.58. The number of aliphatic hydroxyl groups excluding tert-OH is 1. The predicted octanol–water partition coefficient (Wildman–Crippen LogP) is 1.09. The molecule has 14 heavy (non-hydrogen) atoms. The van der Waals surface area contributed by atoms with E-state index >= 15 is 0 Å². The maximum absolute atomic E-state index is 10.9. The van der Waals surface area contributed by atoms with E-state index in [1.807, 2.05) is 0 Å². The quantitative estimate of drug-likeness (QED) is 0.390. The molecule has 0 amide bonds. The molecular formula is C10H21NaO3. The second kappa shape index (κ2) is 11.5. The van der Waals surface area contributed by atoms with E-state index in [1.54, 1.807) is 0 Å². The van der Waals surface area contributed by atoms with Crippen LogP contribution in [0, 0.1) is 5.92 Å². The van der Waals surface area contributed by atoms with Crippen LogP contribution in [0.4, 0.5) is 0 Å². The molecule has 0 aromatic heterocycles. The van der Waals surface area contributed by atoms with Crippen LogP contribution in [-0.4, -0.2) is 53.8 Å². The monoisotopic (exact) mass is 212 g/mol. The number of rotatable bonds is 7. The van der Waals surface area contributed by atoms with Crippen molar-refractivity contribution < 1.29 is 14.6 Å². The Morgan fingerprint density at radius 1 is 1.36 bits per heavy atom. The fourth-order valence-corrected chi connectivity index (χ4v) is 1.05. The molecule has 0 unspecified atom stereocenters. The number of hydrogen-bond acceptors (Lipinski definition) is 3. The van der Waals surface area contributed by atoms with Crippen molar-refractivity contribution in [1.82, 2.24) is 0 Å². The van der Waals surface area contributed by atoms with Gasteiger partial charge >= 0.3 is 35.5 Å². The van der Waals surface area contributed by atoms with Gasteiger partial charge in [-0.05, 0) is 12.3 Å². The molecule has 1 N–H and O–H groups in total. The van der Waals surface area contributed by atoms with E-state index in [-0.39, 0.29) is 48.7 Å². The van der Waals surface area contributed by atoms with Crippen LogP contribution in [0.15, 0.2) is 0 Å². The summed E-state index contributed by atoms with van der Waals surface area (Å²) in [4.78, 5) is 10.9. The number of carbonyl (C=O) groups excluding carboxylic acids is 1. The normalized spacial score (nSPS) is 9.71. The first kappa shape index (κ1) is 16.8. The van der Waals surface area contributed by atoms with Crippen molar-refractivity contribution >= 4 is 35.5 Å². The number of unbranched alkanes of at least 4 members (excludes halogenated alkanes) is 1. The molecule has 4 heteroatoms. The van der Waals surface area contributed by atoms with Crippen LogP contribution in [0.1, 0.15) is 39.5 Å². The Morgan fingerprint density at radius 2 is 2.00 bits per heavy atom. The zero-order chi connectivity index (χ0) is 10.1. The van der Waals surface area contributed by atoms with Gasteiger partial charge in [0.05, 0.1) is 6.61 Å². The number of carbonyl (C=O) groups is 1. The molecule has 80 valence electrons. The topological polar surface area (TPSA) is 46.5 Å². The maximum atomic E-state index is 10.9. The van der Waals surface area contributed by atoms with Gasteiger partial charge in [0, 0.05) is 6.42 Å². The van der Waals surface area contributed by atoms with Crippen molar-refractivity contribution in [3.05, 3.63) is 0 Å². The third-order valence-corrected chi connectivity index (χ3v) is 1.77. The minimum absolute atomic E-state index is 0. The molecule has 0 rings (SSSR count). The summed E-state index contributed by atoms with van der Waals surface area (Å²) in [6.07, 6.45) is 3.61. The third-order valence-electron chi connectivity index (χ3n) is 1.77. The molecule has 0 atom stereocenters. The third kappa shape index (κ3) is 12.4. The molecule has 0 fully saturated rings. The molecule has 0 radical (unpaired) electrons. The first-order chi connectivity index (χ1) is 6.16. The molecule has 0 spiro atoms. The SMILES string of the molecule is CC(C)CCCCC(=O)OCCO.[NaH]. The summed E-state index contributed by atoms with van der Waals surface area (Å²) in [5, 5.41) is 8.38. The predicted molar refractivity (Wildman–Crippen MR) is 58.5 cm³/mol. The molecule has 0 aromatic rings. The Balaban J connectivity index is 0. The van der Waals surface area contributed by atoms with Crippen molar-refractivity contribution in [1.29, 1.82) is 0 Å². The summed E-state index contributed by atoms with van der Waals surface area (Å²) in [6, 6.07) is 0. The Hall–Kier alpha value is 0.430. The van der Waals surface area contributed by atoms with E-state index in [9.17, 15) is 4.79 Å². The first-order valence-electron chi connectivity index (χ1n) is 4.93. The first-order valence-corrected chi connectivity index (χ1v) is 4.93. The average molecular weight is 212 g/mol. The van der Waals surface area contributed by atoms with Crippen LogP contribution in [0.5, 0.6) is 0 Å². The van der Waals surface area contributed by atoms with Gasteiger partial charge in [0.2, 0.25) is 0 Å². The van der Waals surface area contributed by atoms with Crippen molar-refractivity contribution in [3.63, 3.8) is 0 Å². The number of hydrogen-bond donors (Lipinski definition) is 1. The van der Waals surface area contributed by atoms with Gasteiger partial charge in [-0.15, -0.1) is 0 Å². The zero-order valence-electron chi connectivity index (χ0n) is 8.58. The van der Waals surface area contributed by atoms with Gasteiger partial charge in [-0.1, -0.05) is 26.7 Å². The van der Waals surface area contributed by atoms with E-state index < -0.39 is 0 Å². The summed E-state index contributed by atoms with van der Waals surface area (Å²) in [5.74, 6) is 0.506. The van der Waals surface area contributed by atoms with E-state index in [0.717, 1.165) is 19.3 Å². The van der Waals surface area contributed by atoms with Gasteiger partial charge in [-0.3, -0.25) is 4.79 Å². The van der Waals surface area contributed by atoms with Crippen LogP contribution in [0.2, 0.25) is 0 Å². The molecule has 0 saturated carbocycles. The minimum atomic E-state index is -0.196. The van der Waals surface area contributed by atoms with Crippen LogP contribution in [-0.2, 0) is 9.53 Å². The standard InChI is InChI=1S/C10H20O3.Na.H/c1-9(2)5-3-4-6-10(12)13-8-7-11;;/h9,11H,3-8H2,1-2H3;;. The molecule has 0 heterocycles. The molecular weight excluding hydrogens is 191 g/mol. The van der Waals surface area contributed by atoms with E-state index in [1.165, 1.54) is 0 Å². The fourth-order valence-electron chi connectivity index (χ4n) is 1.05. The Labute approximate surface area is 109 Å². The Morgan fingerprint density at radius 3 is 2.50 bits per heavy atom. The van der Waals surface area contributed by atoms with Gasteiger partial charge in [0.1, 0.15) is 6.61 Å². The number of aliphatic hydroxyl groups is 1. The summed E-state index contributed by atoms with van der Waals surface area (Å²) >= 11 is 0. The molecule has 0 aliphatic carbocycles. The molecule has 0 aromatic carbocycles. The summed E-state index contributed by atoms with van der Waals surface area (Å²) < 4.78 is 4.71. The van der Waals surface area contributed by atoms with Gasteiger partial charge in [-0.2, -0.15) is 0 Å². The summed E-state index contributed by atoms with van der Waals surface area (Å²) in [6.45, 7) is 4.38. The molecule has 0 bridgehead atoms. The van der Waals surface area contributed by atoms with E-state index in [2.05, 4.69) is 13.8 Å². The van der Waals surface area contributed by atoms with Crippen molar-refractivity contribution in [2.75, 3.05) is 13.2 Å². The van der Waals surface area contributed by atoms with E-state index in [4.69, 9.17) is 9.84 Å². The van der Waals surface area contributed by atoms with Crippen molar-refractivity contribution in [3.8, 4) is 0 Å². The van der Waals surface area contributed by atoms with Crippen molar-refractivity contribution in [2.45, 2.75) is 39.5 Å². The van der Waals surface area contributed by atoms with Crippen LogP contribution in [0.25, 0.3) is 0 Å². The van der Waals surface area contributed by atoms with Crippen LogP contribution >= 0.6 is 0 Å². The number of esters is 1. The Bertz CT molecular complexity index is 137. The Kier molecular flexibility index (Phi) is 13.8. The summed E-state index contributed by atoms with van der Waals surface area (Å²) in [5.41, 5.74) is 0. The summed E-state index contributed by atoms with van der Waals surface area (Å²) in [7, 11) is 0. The average Bonchev–Trinajstić information content (AvgIpc) is 2.08. The second-order valence-electron chi connectivity index (χ2n) is 3.58. The van der Waals surface area contributed by atoms with Crippen LogP contribution < -0.4 is 0 Å². The molecule has 0 aliphatic heterocycles. The van der Waals surface area contributed by atoms with Crippen molar-refractivity contribution in [2.24, 2.45) is 5.92 Å². The molecule has 0 aliphatic rings. The number of ether oxygens (including phenoxy) is 1. The van der Waals surface area contributed by atoms with Crippen LogP contribution in [0.3, 0.4) is 0 Å². The van der Waals surface area contributed by atoms with Gasteiger partial charge in [0.25, 0.3) is 0 Å². The molecule has 3 nitrogen and oxygen atoms in total. The van der Waals surface area contributed by atoms with E-state index in [0.29, 0.717) is 12.3 Å². The van der Waals surface area contributed by atoms with Gasteiger partial charge in [-0.25, -0.2) is 0 Å². The van der Waals surface area contributed by atoms with Gasteiger partial charge < -0.3 is 9.84 Å². The van der Waals surface area contributed by atoms with Gasteiger partial charge in [0.15, 0.2) is 0 Å². The zero-order valence-corrected chi connectivity index (χ0v) is 8.58. The fraction of sp³-hybridized carbons (Fsp3) is 0.900. The molecule has 0 saturated heterocycles.